The summed E-state index contributed by atoms with van der Waals surface area (Å²) in [4.78, 5) is 0.378. The summed E-state index contributed by atoms with van der Waals surface area (Å²) >= 11 is 4.69. The fourth-order valence-electron chi connectivity index (χ4n) is 1.04. The highest BCUT2D eigenvalue weighted by Gasteiger charge is 2.14. The van der Waals surface area contributed by atoms with Crippen molar-refractivity contribution >= 4 is 37.3 Å². The van der Waals surface area contributed by atoms with Crippen molar-refractivity contribution in [1.82, 2.24) is 4.72 Å². The zero-order chi connectivity index (χ0) is 11.3. The van der Waals surface area contributed by atoms with Crippen molar-refractivity contribution in [2.45, 2.75) is 28.8 Å². The van der Waals surface area contributed by atoms with Crippen molar-refractivity contribution in [1.29, 1.82) is 0 Å². The van der Waals surface area contributed by atoms with Crippen LogP contribution in [-0.2, 0) is 10.0 Å². The topological polar surface area (TPSA) is 46.2 Å². The Morgan fingerprint density at radius 1 is 1.60 bits per heavy atom. The first-order chi connectivity index (χ1) is 7.06. The predicted molar refractivity (Wildman–Crippen MR) is 67.1 cm³/mol. The summed E-state index contributed by atoms with van der Waals surface area (Å²) in [6.07, 6.45) is 1.81. The fourth-order valence-corrected chi connectivity index (χ4v) is 3.36. The van der Waals surface area contributed by atoms with Crippen LogP contribution in [0.1, 0.15) is 19.8 Å². The monoisotopic (exact) mass is 311 g/mol. The van der Waals surface area contributed by atoms with Crippen LogP contribution in [0.25, 0.3) is 0 Å². The van der Waals surface area contributed by atoms with Gasteiger partial charge in [0.15, 0.2) is 0 Å². The Morgan fingerprint density at radius 3 is 2.87 bits per heavy atom. The summed E-state index contributed by atoms with van der Waals surface area (Å²) in [6.45, 7) is 2.54. The summed E-state index contributed by atoms with van der Waals surface area (Å²) in [6, 6.07) is 3.34. The summed E-state index contributed by atoms with van der Waals surface area (Å²) in [5.74, 6) is 0. The zero-order valence-corrected chi connectivity index (χ0v) is 11.7. The van der Waals surface area contributed by atoms with Crippen LogP contribution in [0, 0.1) is 0 Å². The molecule has 0 saturated carbocycles. The SMILES string of the molecule is CCC(Br)CCNS(=O)(=O)c1cccs1. The van der Waals surface area contributed by atoms with E-state index < -0.39 is 10.0 Å². The number of rotatable bonds is 6. The van der Waals surface area contributed by atoms with Gasteiger partial charge in [-0.3, -0.25) is 0 Å². The Bertz CT molecular complexity index is 375. The van der Waals surface area contributed by atoms with Crippen molar-refractivity contribution in [3.8, 4) is 0 Å². The molecule has 0 saturated heterocycles. The Morgan fingerprint density at radius 2 is 2.33 bits per heavy atom. The van der Waals surface area contributed by atoms with Gasteiger partial charge in [-0.25, -0.2) is 13.1 Å². The van der Waals surface area contributed by atoms with E-state index in [1.165, 1.54) is 11.3 Å². The normalized spacial score (nSPS) is 14.0. The first kappa shape index (κ1) is 13.2. The molecule has 0 aliphatic carbocycles. The van der Waals surface area contributed by atoms with Gasteiger partial charge in [0.05, 0.1) is 0 Å². The molecule has 1 unspecified atom stereocenters. The Kier molecular flexibility index (Phi) is 5.25. The van der Waals surface area contributed by atoms with Gasteiger partial charge < -0.3 is 0 Å². The second-order valence-electron chi connectivity index (χ2n) is 3.12. The number of hydrogen-bond acceptors (Lipinski definition) is 3. The molecule has 0 aromatic carbocycles. The van der Waals surface area contributed by atoms with Crippen molar-refractivity contribution in [3.05, 3.63) is 17.5 Å². The van der Waals surface area contributed by atoms with Gasteiger partial charge in [-0.2, -0.15) is 0 Å². The maximum atomic E-state index is 11.6. The first-order valence-electron chi connectivity index (χ1n) is 4.73. The average molecular weight is 312 g/mol. The maximum absolute atomic E-state index is 11.6. The highest BCUT2D eigenvalue weighted by molar-refractivity contribution is 9.09. The first-order valence-corrected chi connectivity index (χ1v) is 8.01. The quantitative estimate of drug-likeness (QED) is 0.821. The van der Waals surface area contributed by atoms with E-state index in [4.69, 9.17) is 0 Å². The third kappa shape index (κ3) is 4.22. The van der Waals surface area contributed by atoms with Gasteiger partial charge in [0.25, 0.3) is 0 Å². The largest absolute Gasteiger partial charge is 0.250 e. The molecule has 1 N–H and O–H groups in total. The van der Waals surface area contributed by atoms with Gasteiger partial charge in [0, 0.05) is 11.4 Å². The van der Waals surface area contributed by atoms with Gasteiger partial charge in [-0.1, -0.05) is 28.9 Å². The molecular formula is C9H14BrNO2S2. The van der Waals surface area contributed by atoms with E-state index in [0.29, 0.717) is 15.6 Å². The third-order valence-electron chi connectivity index (χ3n) is 1.95. The molecule has 3 nitrogen and oxygen atoms in total. The summed E-state index contributed by atoms with van der Waals surface area (Å²) < 4.78 is 26.3. The lowest BCUT2D eigenvalue weighted by atomic mass is 10.2. The van der Waals surface area contributed by atoms with Crippen molar-refractivity contribution in [3.63, 3.8) is 0 Å². The lowest BCUT2D eigenvalue weighted by molar-refractivity contribution is 0.579. The maximum Gasteiger partial charge on any atom is 0.250 e. The summed E-state index contributed by atoms with van der Waals surface area (Å²) in [5, 5.41) is 1.76. The minimum Gasteiger partial charge on any atom is -0.210 e. The van der Waals surface area contributed by atoms with Gasteiger partial charge in [0.1, 0.15) is 4.21 Å². The van der Waals surface area contributed by atoms with E-state index in [2.05, 4.69) is 27.6 Å². The van der Waals surface area contributed by atoms with E-state index >= 15 is 0 Å². The van der Waals surface area contributed by atoms with Crippen molar-refractivity contribution in [2.75, 3.05) is 6.54 Å². The number of halogens is 1. The molecule has 1 aromatic rings. The highest BCUT2D eigenvalue weighted by Crippen LogP contribution is 2.15. The van der Waals surface area contributed by atoms with Crippen LogP contribution in [0.4, 0.5) is 0 Å². The minimum absolute atomic E-state index is 0.378. The van der Waals surface area contributed by atoms with E-state index in [-0.39, 0.29) is 0 Å². The third-order valence-corrected chi connectivity index (χ3v) is 5.92. The van der Waals surface area contributed by atoms with E-state index in [1.807, 2.05) is 0 Å². The molecule has 1 atom stereocenters. The van der Waals surface area contributed by atoms with E-state index in [1.54, 1.807) is 17.5 Å². The van der Waals surface area contributed by atoms with Gasteiger partial charge in [0.2, 0.25) is 10.0 Å². The molecule has 0 radical (unpaired) electrons. The molecule has 1 rings (SSSR count). The van der Waals surface area contributed by atoms with Crippen LogP contribution in [0.2, 0.25) is 0 Å². The number of hydrogen-bond donors (Lipinski definition) is 1. The van der Waals surface area contributed by atoms with Crippen LogP contribution in [0.3, 0.4) is 0 Å². The van der Waals surface area contributed by atoms with Gasteiger partial charge in [-0.15, -0.1) is 11.3 Å². The lowest BCUT2D eigenvalue weighted by Crippen LogP contribution is -2.25. The minimum atomic E-state index is -3.27. The lowest BCUT2D eigenvalue weighted by Gasteiger charge is -2.07. The Labute approximate surface area is 103 Å². The van der Waals surface area contributed by atoms with Gasteiger partial charge in [-0.05, 0) is 24.3 Å². The smallest absolute Gasteiger partial charge is 0.210 e. The highest BCUT2D eigenvalue weighted by atomic mass is 79.9. The zero-order valence-electron chi connectivity index (χ0n) is 8.44. The molecule has 1 aromatic heterocycles. The molecule has 0 fully saturated rings. The number of alkyl halides is 1. The molecule has 6 heteroatoms. The molecule has 1 heterocycles. The molecule has 0 amide bonds. The second-order valence-corrected chi connectivity index (χ2v) is 7.36. The number of sulfonamides is 1. The van der Waals surface area contributed by atoms with Crippen LogP contribution < -0.4 is 4.72 Å². The predicted octanol–water partition coefficient (Wildman–Crippen LogP) is 2.59. The van der Waals surface area contributed by atoms with Crippen molar-refractivity contribution in [2.24, 2.45) is 0 Å². The molecule has 0 aliphatic heterocycles. The summed E-state index contributed by atoms with van der Waals surface area (Å²) in [5.41, 5.74) is 0. The van der Waals surface area contributed by atoms with E-state index in [0.717, 1.165) is 12.8 Å². The number of thiophene rings is 1. The van der Waals surface area contributed by atoms with Gasteiger partial charge >= 0.3 is 0 Å². The standard InChI is InChI=1S/C9H14BrNO2S2/c1-2-8(10)5-6-11-15(12,13)9-4-3-7-14-9/h3-4,7-8,11H,2,5-6H2,1H3. The second kappa shape index (κ2) is 5.98. The van der Waals surface area contributed by atoms with Crippen LogP contribution in [0.5, 0.6) is 0 Å². The fraction of sp³-hybridized carbons (Fsp3) is 0.556. The molecule has 0 bridgehead atoms. The summed E-state index contributed by atoms with van der Waals surface area (Å²) in [7, 11) is -3.27. The molecule has 0 spiro atoms. The van der Waals surface area contributed by atoms with Crippen LogP contribution >= 0.6 is 27.3 Å². The molecule has 86 valence electrons. The molecule has 15 heavy (non-hydrogen) atoms. The Balaban J connectivity index is 2.45. The molecule has 0 aliphatic rings. The average Bonchev–Trinajstić information content (AvgIpc) is 2.70. The van der Waals surface area contributed by atoms with Crippen molar-refractivity contribution < 1.29 is 8.42 Å². The van der Waals surface area contributed by atoms with E-state index in [9.17, 15) is 8.42 Å². The van der Waals surface area contributed by atoms with Crippen LogP contribution in [0.15, 0.2) is 21.7 Å². The van der Waals surface area contributed by atoms with Crippen LogP contribution in [-0.4, -0.2) is 19.8 Å². The molecular weight excluding hydrogens is 298 g/mol. The Hall–Kier alpha value is 0.0900. The number of nitrogens with one attached hydrogen (secondary N) is 1.